The summed E-state index contributed by atoms with van der Waals surface area (Å²) in [6, 6.07) is -3.01. The van der Waals surface area contributed by atoms with E-state index in [0.29, 0.717) is 11.8 Å². The number of hydrogen-bond donors (Lipinski definition) is 23. The molecule has 0 aromatic rings. The molecule has 25 N–H and O–H groups in total. The molecule has 13 aliphatic heterocycles. The minimum atomic E-state index is -2.34. The summed E-state index contributed by atoms with van der Waals surface area (Å²) >= 11 is 1.49. The summed E-state index contributed by atoms with van der Waals surface area (Å²) in [5, 5.41) is 231. The number of thioether (sulfide) groups is 2. The van der Waals surface area contributed by atoms with Crippen LogP contribution in [0.3, 0.4) is 0 Å². The maximum atomic E-state index is 11.7. The summed E-state index contributed by atoms with van der Waals surface area (Å²) in [5.41, 5.74) is 11.4. The lowest BCUT2D eigenvalue weighted by Crippen LogP contribution is -2.68. The zero-order valence-corrected chi connectivity index (χ0v) is 49.1. The SMILES string of the molecule is C[C@@H](O)C(O)C1OOC(CO)C(C(O)[C@@H](C)O)OC2OC(CO)C(OC3OC(CO)C(OC4OC(CSC[C@@H](N)C(=O)O)C(OC5OC(CO)C(OC6OC(CO)C(OOC1CSC[C@@H](N)C(=O)O)C(O)C6O)C(O)C5O)C(O)C4O)C(O)C3O)C(O)C2O. The van der Waals surface area contributed by atoms with Crippen molar-refractivity contribution < 1.29 is 184 Å². The Morgan fingerprint density at radius 3 is 0.978 bits per heavy atom. The molecule has 0 radical (unpaired) electrons. The third-order valence-corrected chi connectivity index (χ3v) is 17.6. The molecule has 13 fully saturated rings. The smallest absolute Gasteiger partial charge is 0.321 e. The highest BCUT2D eigenvalue weighted by atomic mass is 32.2. The van der Waals surface area contributed by atoms with Gasteiger partial charge in [-0.1, -0.05) is 0 Å². The molecule has 41 heteroatoms. The van der Waals surface area contributed by atoms with E-state index in [-0.39, 0.29) is 5.75 Å². The Balaban J connectivity index is 1.39. The monoisotopic (exact) mass is 1340 g/mol. The van der Waals surface area contributed by atoms with Crippen molar-refractivity contribution in [3.05, 3.63) is 0 Å². The van der Waals surface area contributed by atoms with Gasteiger partial charge in [0, 0.05) is 23.0 Å². The van der Waals surface area contributed by atoms with Crippen LogP contribution in [0.15, 0.2) is 0 Å². The molecule has 13 aliphatic rings. The van der Waals surface area contributed by atoms with Gasteiger partial charge >= 0.3 is 11.9 Å². The number of carbonyl (C=O) groups is 2. The Labute approximate surface area is 513 Å². The normalized spacial score (nSPS) is 45.4. The zero-order chi connectivity index (χ0) is 66.0. The first-order chi connectivity index (χ1) is 42.0. The molecule has 13 saturated heterocycles. The number of aliphatic hydroxyl groups is 19. The molecule has 0 saturated carbocycles. The lowest BCUT2D eigenvalue weighted by atomic mass is 9.95. The Kier molecular flexibility index (Phi) is 29.8. The molecule has 13 rings (SSSR count). The largest absolute Gasteiger partial charge is 0.480 e. The molecule has 0 aromatic carbocycles. The van der Waals surface area contributed by atoms with Crippen LogP contribution in [0.25, 0.3) is 0 Å². The van der Waals surface area contributed by atoms with Crippen LogP contribution < -0.4 is 11.5 Å². The third kappa shape index (κ3) is 18.4. The number of rotatable bonds is 19. The number of aliphatic carboxylic acids is 2. The molecule has 0 amide bonds. The van der Waals surface area contributed by atoms with Gasteiger partial charge in [0.1, 0.15) is 159 Å². The van der Waals surface area contributed by atoms with Crippen molar-refractivity contribution >= 4 is 35.5 Å². The van der Waals surface area contributed by atoms with Gasteiger partial charge in [-0.05, 0) is 13.8 Å². The van der Waals surface area contributed by atoms with Crippen LogP contribution in [0, 0.1) is 0 Å². The molecule has 39 nitrogen and oxygen atoms in total. The van der Waals surface area contributed by atoms with E-state index in [1.54, 1.807) is 0 Å². The Morgan fingerprint density at radius 1 is 0.360 bits per heavy atom. The van der Waals surface area contributed by atoms with E-state index in [1.807, 2.05) is 0 Å². The highest BCUT2D eigenvalue weighted by Gasteiger charge is 2.58. The molecule has 520 valence electrons. The lowest BCUT2D eigenvalue weighted by Gasteiger charge is -2.50. The molecule has 13 heterocycles. The van der Waals surface area contributed by atoms with Crippen LogP contribution in [-0.4, -0.2) is 390 Å². The minimum absolute atomic E-state index is 0.321. The van der Waals surface area contributed by atoms with Crippen LogP contribution in [0.4, 0.5) is 0 Å². The summed E-state index contributed by atoms with van der Waals surface area (Å²) < 4.78 is 58.1. The molecule has 89 heavy (non-hydrogen) atoms. The van der Waals surface area contributed by atoms with Gasteiger partial charge in [0.2, 0.25) is 0 Å². The van der Waals surface area contributed by atoms with Crippen molar-refractivity contribution in [2.45, 2.75) is 228 Å². The van der Waals surface area contributed by atoms with E-state index < -0.39 is 277 Å². The van der Waals surface area contributed by atoms with Gasteiger partial charge in [-0.3, -0.25) is 9.59 Å². The minimum Gasteiger partial charge on any atom is -0.480 e. The van der Waals surface area contributed by atoms with E-state index >= 15 is 0 Å². The van der Waals surface area contributed by atoms with Gasteiger partial charge in [0.15, 0.2) is 37.6 Å². The Bertz CT molecular complexity index is 2120. The van der Waals surface area contributed by atoms with Crippen molar-refractivity contribution in [2.24, 2.45) is 11.5 Å². The molecular weight excluding hydrogens is 1260 g/mol. The molecule has 0 aliphatic carbocycles. The van der Waals surface area contributed by atoms with Crippen molar-refractivity contribution in [1.82, 2.24) is 0 Å². The average molecular weight is 1350 g/mol. The molecule has 0 aromatic heterocycles. The molecule has 35 atom stereocenters. The van der Waals surface area contributed by atoms with Gasteiger partial charge in [0.05, 0.1) is 51.3 Å². The number of nitrogens with two attached hydrogens (primary N) is 2. The van der Waals surface area contributed by atoms with E-state index in [4.69, 9.17) is 78.4 Å². The second-order valence-electron chi connectivity index (χ2n) is 21.9. The van der Waals surface area contributed by atoms with Gasteiger partial charge in [0.25, 0.3) is 0 Å². The van der Waals surface area contributed by atoms with E-state index in [1.165, 1.54) is 0 Å². The number of ether oxygens (including phenoxy) is 10. The predicted molar refractivity (Wildman–Crippen MR) is 284 cm³/mol. The van der Waals surface area contributed by atoms with Gasteiger partial charge in [-0.25, -0.2) is 19.6 Å². The Hall–Kier alpha value is -1.76. The topological polar surface area (TPSA) is 640 Å². The summed E-state index contributed by atoms with van der Waals surface area (Å²) in [7, 11) is 0. The first-order valence-electron chi connectivity index (χ1n) is 27.9. The first-order valence-corrected chi connectivity index (χ1v) is 30.2. The highest BCUT2D eigenvalue weighted by molar-refractivity contribution is 7.99. The number of aliphatic hydroxyl groups excluding tert-OH is 19. The quantitative estimate of drug-likeness (QED) is 0.0534. The fourth-order valence-corrected chi connectivity index (χ4v) is 12.1. The third-order valence-electron chi connectivity index (χ3n) is 15.3. The average Bonchev–Trinajstić information content (AvgIpc) is 1.05. The van der Waals surface area contributed by atoms with Crippen LogP contribution >= 0.6 is 23.5 Å². The second kappa shape index (κ2) is 34.8. The predicted octanol–water partition coefficient (Wildman–Crippen LogP) is -13.7. The fraction of sp³-hybridized carbons (Fsp3) is 0.958. The number of hydrogen-bond acceptors (Lipinski definition) is 39. The summed E-state index contributed by atoms with van der Waals surface area (Å²) in [6.45, 7) is -3.66. The van der Waals surface area contributed by atoms with Gasteiger partial charge in [-0.2, -0.15) is 23.5 Å². The van der Waals surface area contributed by atoms with Gasteiger partial charge in [-0.15, -0.1) is 0 Å². The lowest BCUT2D eigenvalue weighted by molar-refractivity contribution is -0.450. The van der Waals surface area contributed by atoms with Crippen molar-refractivity contribution in [1.29, 1.82) is 0 Å². The second-order valence-corrected chi connectivity index (χ2v) is 24.0. The van der Waals surface area contributed by atoms with Crippen molar-refractivity contribution in [3.8, 4) is 0 Å². The zero-order valence-electron chi connectivity index (χ0n) is 47.5. The molecule has 0 spiro atoms. The van der Waals surface area contributed by atoms with Gasteiger partial charge < -0.3 is 166 Å². The standard InChI is InChI=1S/C48H84N2O37S2/c1-12(56)23(58)38-20(7-55)84-87-41(24(59)13(2)57)22(11-89-9-15(50)43(72)73)85-86-40-19(6-54)77-47(34(69)29(40)64)80-36-17(4-52)76-46(32(67)27(36)62)83-39-21(10-88-8-14(49)42(70)71)78-48(33(68)28(39)63)81-37-18(5-53)74-44(30(65)25(37)60)79-35-16(3-51)75-45(82-38)31(66)26(35)61/h12-41,44-48,51-69H,3-11,49-50H2,1-2H3,(H,70,71)(H,72,73)/t12-,13-,14-,15-,16?,17?,18?,19?,20?,21?,22?,23?,24?,25?,26?,27?,28?,29?,30?,31?,32?,33?,34?,35?,36?,37?,38?,39?,40?,41?,44?,45?,46?,47?,48?/m1/s1. The van der Waals surface area contributed by atoms with Crippen molar-refractivity contribution in [3.63, 3.8) is 0 Å². The summed E-state index contributed by atoms with van der Waals surface area (Å²) in [5.74, 6) is -4.57. The van der Waals surface area contributed by atoms with E-state index in [0.717, 1.165) is 25.6 Å². The number of carboxylic acid groups (broad SMARTS) is 2. The van der Waals surface area contributed by atoms with Crippen LogP contribution in [-0.2, 0) is 76.5 Å². The maximum Gasteiger partial charge on any atom is 0.321 e. The molecule has 10 bridgehead atoms. The Morgan fingerprint density at radius 2 is 0.640 bits per heavy atom. The number of fused-ring (bicyclic) bond motifs is 1. The maximum absolute atomic E-state index is 11.7. The fourth-order valence-electron chi connectivity index (χ4n) is 10.1. The van der Waals surface area contributed by atoms with E-state index in [9.17, 15) is 117 Å². The highest BCUT2D eigenvalue weighted by Crippen LogP contribution is 2.38. The molecular formula is C48H84N2O37S2. The summed E-state index contributed by atoms with van der Waals surface area (Å²) in [6.07, 6.45) is -68.1. The van der Waals surface area contributed by atoms with Crippen LogP contribution in [0.5, 0.6) is 0 Å². The number of carboxylic acids is 2. The van der Waals surface area contributed by atoms with Crippen LogP contribution in [0.2, 0.25) is 0 Å². The van der Waals surface area contributed by atoms with Crippen LogP contribution in [0.1, 0.15) is 13.8 Å². The van der Waals surface area contributed by atoms with Crippen molar-refractivity contribution in [2.75, 3.05) is 56.0 Å². The van der Waals surface area contributed by atoms with E-state index in [2.05, 4.69) is 0 Å². The first kappa shape index (κ1) is 76.3. The molecule has 31 unspecified atom stereocenters. The summed E-state index contributed by atoms with van der Waals surface area (Å²) in [4.78, 5) is 45.4.